The van der Waals surface area contributed by atoms with E-state index in [-0.39, 0.29) is 16.5 Å². The molecule has 7 heteroatoms. The zero-order chi connectivity index (χ0) is 15.1. The summed E-state index contributed by atoms with van der Waals surface area (Å²) in [5.41, 5.74) is 5.26. The normalized spacial score (nSPS) is 10.9. The molecule has 0 aliphatic carbocycles. The summed E-state index contributed by atoms with van der Waals surface area (Å²) in [6.07, 6.45) is 0. The van der Waals surface area contributed by atoms with Crippen LogP contribution in [0.3, 0.4) is 0 Å². The lowest BCUT2D eigenvalue weighted by Crippen LogP contribution is -2.18. The molecule has 1 aromatic carbocycles. The van der Waals surface area contributed by atoms with Gasteiger partial charge in [-0.2, -0.15) is 0 Å². The predicted molar refractivity (Wildman–Crippen MR) is 76.3 cm³/mol. The molecule has 0 radical (unpaired) electrons. The van der Waals surface area contributed by atoms with E-state index in [4.69, 9.17) is 5.73 Å². The van der Waals surface area contributed by atoms with Gasteiger partial charge in [-0.05, 0) is 29.6 Å². The fourth-order valence-corrected chi connectivity index (χ4v) is 2.90. The van der Waals surface area contributed by atoms with Crippen molar-refractivity contribution in [3.63, 3.8) is 0 Å². The van der Waals surface area contributed by atoms with Gasteiger partial charge in [0.1, 0.15) is 5.82 Å². The number of aromatic hydroxyl groups is 1. The van der Waals surface area contributed by atoms with E-state index in [9.17, 15) is 19.1 Å². The number of nitrogens with two attached hydrogens (primary N) is 1. The fraction of sp³-hybridized carbons (Fsp3) is 0. The van der Waals surface area contributed by atoms with Gasteiger partial charge in [-0.15, -0.1) is 11.3 Å². The molecule has 21 heavy (non-hydrogen) atoms. The molecule has 0 aliphatic rings. The van der Waals surface area contributed by atoms with Crippen molar-refractivity contribution in [3.8, 4) is 5.88 Å². The monoisotopic (exact) mass is 304 g/mol. The maximum absolute atomic E-state index is 13.4. The summed E-state index contributed by atoms with van der Waals surface area (Å²) in [4.78, 5) is 24.3. The standard InChI is InChI=1S/C14H9FN2O3S/c15-7-3-4-9-8(6-7)11(13(19)17(9)14(16)20)12(18)10-2-1-5-21-10/h1-6,19H,(H2,16,20). The lowest BCUT2D eigenvalue weighted by molar-refractivity contribution is 0.104. The number of rotatable bonds is 2. The number of thiophene rings is 1. The van der Waals surface area contributed by atoms with E-state index in [1.807, 2.05) is 0 Å². The first-order chi connectivity index (χ1) is 10.0. The highest BCUT2D eigenvalue weighted by Crippen LogP contribution is 2.34. The van der Waals surface area contributed by atoms with Gasteiger partial charge in [-0.3, -0.25) is 4.79 Å². The zero-order valence-electron chi connectivity index (χ0n) is 10.5. The zero-order valence-corrected chi connectivity index (χ0v) is 11.4. The number of carbonyl (C=O) groups is 2. The number of fused-ring (bicyclic) bond motifs is 1. The summed E-state index contributed by atoms with van der Waals surface area (Å²) in [5, 5.41) is 12.0. The van der Waals surface area contributed by atoms with Gasteiger partial charge in [0.25, 0.3) is 0 Å². The van der Waals surface area contributed by atoms with Crippen LogP contribution in [0.15, 0.2) is 35.7 Å². The Morgan fingerprint density at radius 2 is 2.05 bits per heavy atom. The number of amides is 1. The van der Waals surface area contributed by atoms with E-state index in [0.717, 1.165) is 16.7 Å². The van der Waals surface area contributed by atoms with Crippen LogP contribution in [0, 0.1) is 5.82 Å². The maximum Gasteiger partial charge on any atom is 0.326 e. The van der Waals surface area contributed by atoms with Crippen LogP contribution in [0.25, 0.3) is 10.9 Å². The van der Waals surface area contributed by atoms with Crippen molar-refractivity contribution in [2.24, 2.45) is 5.73 Å². The van der Waals surface area contributed by atoms with Crippen LogP contribution < -0.4 is 5.73 Å². The van der Waals surface area contributed by atoms with Crippen molar-refractivity contribution in [1.82, 2.24) is 4.57 Å². The third-order valence-corrected chi connectivity index (χ3v) is 3.97. The summed E-state index contributed by atoms with van der Waals surface area (Å²) in [5.74, 6) is -1.65. The van der Waals surface area contributed by atoms with Crippen LogP contribution in [0.5, 0.6) is 5.88 Å². The van der Waals surface area contributed by atoms with Gasteiger partial charge in [0.2, 0.25) is 11.7 Å². The Balaban J connectivity index is 2.36. The van der Waals surface area contributed by atoms with E-state index in [1.54, 1.807) is 17.5 Å². The summed E-state index contributed by atoms with van der Waals surface area (Å²) in [6, 6.07) is 5.83. The van der Waals surface area contributed by atoms with E-state index < -0.39 is 23.5 Å². The number of ketones is 1. The minimum absolute atomic E-state index is 0.134. The Morgan fingerprint density at radius 3 is 2.67 bits per heavy atom. The minimum Gasteiger partial charge on any atom is -0.494 e. The second kappa shape index (κ2) is 4.71. The van der Waals surface area contributed by atoms with Gasteiger partial charge in [0.05, 0.1) is 16.0 Å². The highest BCUT2D eigenvalue weighted by atomic mass is 32.1. The van der Waals surface area contributed by atoms with Crippen molar-refractivity contribution in [3.05, 3.63) is 52.0 Å². The first kappa shape index (κ1) is 13.3. The second-order valence-corrected chi connectivity index (χ2v) is 5.29. The molecular formula is C14H9FN2O3S. The summed E-state index contributed by atoms with van der Waals surface area (Å²) >= 11 is 1.19. The molecule has 0 bridgehead atoms. The Morgan fingerprint density at radius 1 is 1.29 bits per heavy atom. The predicted octanol–water partition coefficient (Wildman–Crippen LogP) is 2.71. The third-order valence-electron chi connectivity index (χ3n) is 3.10. The van der Waals surface area contributed by atoms with Gasteiger partial charge >= 0.3 is 6.03 Å². The second-order valence-electron chi connectivity index (χ2n) is 4.34. The molecule has 0 spiro atoms. The molecule has 1 amide bonds. The van der Waals surface area contributed by atoms with Crippen LogP contribution in [0.4, 0.5) is 9.18 Å². The third kappa shape index (κ3) is 1.98. The molecule has 3 aromatic rings. The Labute approximate surface area is 122 Å². The van der Waals surface area contributed by atoms with Gasteiger partial charge in [0.15, 0.2) is 0 Å². The van der Waals surface area contributed by atoms with E-state index >= 15 is 0 Å². The van der Waals surface area contributed by atoms with Crippen molar-refractivity contribution in [1.29, 1.82) is 0 Å². The highest BCUT2D eigenvalue weighted by Gasteiger charge is 2.26. The highest BCUT2D eigenvalue weighted by molar-refractivity contribution is 7.12. The first-order valence-electron chi connectivity index (χ1n) is 5.91. The maximum atomic E-state index is 13.4. The molecule has 3 N–H and O–H groups in total. The molecule has 5 nitrogen and oxygen atoms in total. The number of nitrogens with zero attached hydrogens (tertiary/aromatic N) is 1. The number of carbonyl (C=O) groups excluding carboxylic acids is 2. The van der Waals surface area contributed by atoms with E-state index in [2.05, 4.69) is 0 Å². The van der Waals surface area contributed by atoms with Crippen molar-refractivity contribution >= 4 is 34.1 Å². The molecule has 3 rings (SSSR count). The molecule has 0 unspecified atom stereocenters. The number of primary amides is 1. The van der Waals surface area contributed by atoms with Crippen molar-refractivity contribution in [2.75, 3.05) is 0 Å². The number of hydrogen-bond acceptors (Lipinski definition) is 4. The first-order valence-corrected chi connectivity index (χ1v) is 6.79. The van der Waals surface area contributed by atoms with Crippen LogP contribution in [-0.4, -0.2) is 21.5 Å². The molecule has 0 atom stereocenters. The van der Waals surface area contributed by atoms with Crippen LogP contribution >= 0.6 is 11.3 Å². The Bertz CT molecular complexity index is 868. The molecule has 0 saturated carbocycles. The molecule has 106 valence electrons. The molecular weight excluding hydrogens is 295 g/mol. The lowest BCUT2D eigenvalue weighted by Gasteiger charge is -2.00. The fourth-order valence-electron chi connectivity index (χ4n) is 2.23. The molecule has 2 aromatic heterocycles. The SMILES string of the molecule is NC(=O)n1c(O)c(C(=O)c2cccs2)c2cc(F)ccc21. The van der Waals surface area contributed by atoms with Crippen LogP contribution in [0.1, 0.15) is 15.2 Å². The molecule has 0 aliphatic heterocycles. The average molecular weight is 304 g/mol. The largest absolute Gasteiger partial charge is 0.494 e. The Kier molecular flexibility index (Phi) is 2.99. The molecule has 0 saturated heterocycles. The van der Waals surface area contributed by atoms with E-state index in [1.165, 1.54) is 17.4 Å². The summed E-state index contributed by atoms with van der Waals surface area (Å²) in [7, 11) is 0. The molecule has 0 fully saturated rings. The lowest BCUT2D eigenvalue weighted by atomic mass is 10.1. The topological polar surface area (TPSA) is 85.3 Å². The smallest absolute Gasteiger partial charge is 0.326 e. The van der Waals surface area contributed by atoms with Crippen molar-refractivity contribution in [2.45, 2.75) is 0 Å². The van der Waals surface area contributed by atoms with Crippen LogP contribution in [0.2, 0.25) is 0 Å². The summed E-state index contributed by atoms with van der Waals surface area (Å²) in [6.45, 7) is 0. The van der Waals surface area contributed by atoms with Gasteiger partial charge in [-0.25, -0.2) is 13.8 Å². The number of aromatic nitrogens is 1. The van der Waals surface area contributed by atoms with Gasteiger partial charge < -0.3 is 10.8 Å². The number of halogens is 1. The quantitative estimate of drug-likeness (QED) is 0.714. The van der Waals surface area contributed by atoms with E-state index in [0.29, 0.717) is 4.88 Å². The van der Waals surface area contributed by atoms with Crippen molar-refractivity contribution < 1.29 is 19.1 Å². The number of benzene rings is 1. The average Bonchev–Trinajstić information content (AvgIpc) is 3.03. The Hall–Kier alpha value is -2.67. The minimum atomic E-state index is -0.950. The van der Waals surface area contributed by atoms with Crippen LogP contribution in [-0.2, 0) is 0 Å². The van der Waals surface area contributed by atoms with Gasteiger partial charge in [0, 0.05) is 5.39 Å². The number of hydrogen-bond donors (Lipinski definition) is 2. The summed E-state index contributed by atoms with van der Waals surface area (Å²) < 4.78 is 14.2. The van der Waals surface area contributed by atoms with Gasteiger partial charge in [-0.1, -0.05) is 6.07 Å². The molecule has 2 heterocycles.